The summed E-state index contributed by atoms with van der Waals surface area (Å²) >= 11 is 5.58. The third-order valence-corrected chi connectivity index (χ3v) is 1.57. The Hall–Kier alpha value is -1.32. The molecule has 6 heteroatoms. The van der Waals surface area contributed by atoms with Crippen LogP contribution in [0, 0.1) is 5.82 Å². The maximum Gasteiger partial charge on any atom is 0.146 e. The molecule has 0 fully saturated rings. The Labute approximate surface area is 72.6 Å². The number of hydrogen-bond donors (Lipinski definition) is 0. The van der Waals surface area contributed by atoms with Crippen molar-refractivity contribution >= 4 is 11.6 Å². The van der Waals surface area contributed by atoms with Crippen LogP contribution in [-0.2, 0) is 6.54 Å². The van der Waals surface area contributed by atoms with Gasteiger partial charge in [0.15, 0.2) is 0 Å². The van der Waals surface area contributed by atoms with Gasteiger partial charge >= 0.3 is 0 Å². The summed E-state index contributed by atoms with van der Waals surface area (Å²) in [5.74, 6) is -0.560. The first-order valence-electron chi connectivity index (χ1n) is 3.04. The van der Waals surface area contributed by atoms with E-state index in [2.05, 4.69) is 15.0 Å². The first kappa shape index (κ1) is 8.77. The lowest BCUT2D eigenvalue weighted by molar-refractivity contribution is 0.604. The minimum Gasteiger partial charge on any atom is -0.260 e. The van der Waals surface area contributed by atoms with Gasteiger partial charge in [-0.25, -0.2) is 4.39 Å². The highest BCUT2D eigenvalue weighted by molar-refractivity contribution is 6.31. The van der Waals surface area contributed by atoms with Crippen molar-refractivity contribution < 1.29 is 4.39 Å². The van der Waals surface area contributed by atoms with E-state index in [-0.39, 0.29) is 17.1 Å². The lowest BCUT2D eigenvalue weighted by Gasteiger charge is -1.99. The van der Waals surface area contributed by atoms with Crippen LogP contribution in [0.4, 0.5) is 4.39 Å². The second-order valence-corrected chi connectivity index (χ2v) is 2.38. The Morgan fingerprint density at radius 2 is 2.42 bits per heavy atom. The first-order chi connectivity index (χ1) is 5.75. The summed E-state index contributed by atoms with van der Waals surface area (Å²) in [4.78, 5) is 6.00. The van der Waals surface area contributed by atoms with E-state index in [1.165, 1.54) is 6.20 Å². The quantitative estimate of drug-likeness (QED) is 0.398. The molecule has 0 aliphatic rings. The smallest absolute Gasteiger partial charge is 0.146 e. The van der Waals surface area contributed by atoms with Gasteiger partial charge in [-0.3, -0.25) is 4.98 Å². The Kier molecular flexibility index (Phi) is 2.85. The Balaban J connectivity index is 3.03. The van der Waals surface area contributed by atoms with Gasteiger partial charge in [-0.1, -0.05) is 16.7 Å². The number of pyridine rings is 1. The van der Waals surface area contributed by atoms with Gasteiger partial charge in [0.2, 0.25) is 0 Å². The van der Waals surface area contributed by atoms with Gasteiger partial charge in [0.05, 0.1) is 17.8 Å². The number of aromatic nitrogens is 1. The molecule has 62 valence electrons. The van der Waals surface area contributed by atoms with Crippen LogP contribution in [0.15, 0.2) is 17.5 Å². The van der Waals surface area contributed by atoms with Crippen molar-refractivity contribution in [2.75, 3.05) is 0 Å². The molecule has 0 aliphatic carbocycles. The van der Waals surface area contributed by atoms with Crippen LogP contribution >= 0.6 is 11.6 Å². The summed E-state index contributed by atoms with van der Waals surface area (Å²) in [7, 11) is 0. The van der Waals surface area contributed by atoms with E-state index in [0.29, 0.717) is 0 Å². The number of azide groups is 1. The summed E-state index contributed by atoms with van der Waals surface area (Å²) in [5, 5.41) is 3.36. The molecule has 4 nitrogen and oxygen atoms in total. The van der Waals surface area contributed by atoms with E-state index in [0.717, 1.165) is 6.20 Å². The lowest BCUT2D eigenvalue weighted by Crippen LogP contribution is -1.90. The summed E-state index contributed by atoms with van der Waals surface area (Å²) < 4.78 is 12.8. The van der Waals surface area contributed by atoms with Gasteiger partial charge < -0.3 is 0 Å². The van der Waals surface area contributed by atoms with Crippen LogP contribution in [-0.4, -0.2) is 4.98 Å². The maximum absolute atomic E-state index is 12.8. The molecule has 1 aromatic heterocycles. The van der Waals surface area contributed by atoms with Crippen LogP contribution < -0.4 is 0 Å². The molecule has 0 atom stereocenters. The van der Waals surface area contributed by atoms with Crippen molar-refractivity contribution in [2.24, 2.45) is 5.11 Å². The molecule has 1 heterocycles. The second-order valence-electron chi connectivity index (χ2n) is 1.97. The first-order valence-corrected chi connectivity index (χ1v) is 3.42. The Morgan fingerprint density at radius 1 is 1.67 bits per heavy atom. The maximum atomic E-state index is 12.8. The fourth-order valence-electron chi connectivity index (χ4n) is 0.691. The zero-order chi connectivity index (χ0) is 8.97. The third kappa shape index (κ3) is 1.84. The molecule has 0 amide bonds. The molecule has 12 heavy (non-hydrogen) atoms. The van der Waals surface area contributed by atoms with Gasteiger partial charge in [0, 0.05) is 16.7 Å². The van der Waals surface area contributed by atoms with Crippen LogP contribution in [0.3, 0.4) is 0 Å². The molecule has 0 N–H and O–H groups in total. The van der Waals surface area contributed by atoms with Crippen molar-refractivity contribution in [1.29, 1.82) is 0 Å². The average molecular weight is 187 g/mol. The molecular formula is C6H4ClFN4. The molecule has 0 bridgehead atoms. The van der Waals surface area contributed by atoms with Crippen molar-refractivity contribution in [2.45, 2.75) is 6.54 Å². The van der Waals surface area contributed by atoms with E-state index in [9.17, 15) is 4.39 Å². The predicted octanol–water partition coefficient (Wildman–Crippen LogP) is 2.68. The molecular weight excluding hydrogens is 183 g/mol. The third-order valence-electron chi connectivity index (χ3n) is 1.24. The van der Waals surface area contributed by atoms with E-state index >= 15 is 0 Å². The summed E-state index contributed by atoms with van der Waals surface area (Å²) in [6.45, 7) is -0.0936. The van der Waals surface area contributed by atoms with Crippen molar-refractivity contribution in [3.8, 4) is 0 Å². The number of halogens is 2. The van der Waals surface area contributed by atoms with E-state index < -0.39 is 5.82 Å². The van der Waals surface area contributed by atoms with Gasteiger partial charge in [-0.2, -0.15) is 0 Å². The molecule has 0 aliphatic heterocycles. The zero-order valence-corrected chi connectivity index (χ0v) is 6.66. The minimum atomic E-state index is -0.560. The zero-order valence-electron chi connectivity index (χ0n) is 5.91. The normalized spacial score (nSPS) is 9.17. The molecule has 0 saturated heterocycles. The van der Waals surface area contributed by atoms with Gasteiger partial charge in [-0.05, 0) is 5.53 Å². The lowest BCUT2D eigenvalue weighted by atomic mass is 10.2. The summed E-state index contributed by atoms with van der Waals surface area (Å²) in [5.41, 5.74) is 8.16. The van der Waals surface area contributed by atoms with E-state index in [4.69, 9.17) is 17.1 Å². The molecule has 0 saturated carbocycles. The topological polar surface area (TPSA) is 61.7 Å². The second kappa shape index (κ2) is 3.90. The molecule has 0 spiro atoms. The Bertz CT molecular complexity index is 314. The monoisotopic (exact) mass is 186 g/mol. The van der Waals surface area contributed by atoms with Gasteiger partial charge in [0.1, 0.15) is 5.82 Å². The molecule has 0 aromatic carbocycles. The van der Waals surface area contributed by atoms with Gasteiger partial charge in [-0.15, -0.1) is 0 Å². The number of nitrogens with zero attached hydrogens (tertiary/aromatic N) is 4. The van der Waals surface area contributed by atoms with Crippen LogP contribution in [0.1, 0.15) is 5.56 Å². The molecule has 1 aromatic rings. The fourth-order valence-corrected chi connectivity index (χ4v) is 0.898. The number of rotatable bonds is 2. The highest BCUT2D eigenvalue weighted by Gasteiger charge is 2.05. The molecule has 0 radical (unpaired) electrons. The van der Waals surface area contributed by atoms with E-state index in [1.54, 1.807) is 0 Å². The molecule has 0 unspecified atom stereocenters. The van der Waals surface area contributed by atoms with Crippen molar-refractivity contribution in [1.82, 2.24) is 4.98 Å². The number of hydrogen-bond acceptors (Lipinski definition) is 2. The average Bonchev–Trinajstić information content (AvgIpc) is 2.04. The standard InChI is InChI=1S/C6H4ClFN4/c7-5-2-10-3-6(8)4(5)1-11-12-9/h2-3H,1H2. The predicted molar refractivity (Wildman–Crippen MR) is 42.1 cm³/mol. The van der Waals surface area contributed by atoms with E-state index in [1.807, 2.05) is 0 Å². The molecule has 1 rings (SSSR count). The fraction of sp³-hybridized carbons (Fsp3) is 0.167. The van der Waals surface area contributed by atoms with Crippen LogP contribution in [0.2, 0.25) is 5.02 Å². The van der Waals surface area contributed by atoms with Crippen LogP contribution in [0.5, 0.6) is 0 Å². The summed E-state index contributed by atoms with van der Waals surface area (Å²) in [6, 6.07) is 0. The SMILES string of the molecule is [N-]=[N+]=NCc1c(F)cncc1Cl. The van der Waals surface area contributed by atoms with Gasteiger partial charge in [0.25, 0.3) is 0 Å². The van der Waals surface area contributed by atoms with Crippen molar-refractivity contribution in [3.63, 3.8) is 0 Å². The largest absolute Gasteiger partial charge is 0.260 e. The highest BCUT2D eigenvalue weighted by atomic mass is 35.5. The van der Waals surface area contributed by atoms with Crippen LogP contribution in [0.25, 0.3) is 10.4 Å². The highest BCUT2D eigenvalue weighted by Crippen LogP contribution is 2.17. The Morgan fingerprint density at radius 3 is 3.00 bits per heavy atom. The minimum absolute atomic E-state index is 0.0936. The van der Waals surface area contributed by atoms with Crippen molar-refractivity contribution in [3.05, 3.63) is 39.2 Å². The summed E-state index contributed by atoms with van der Waals surface area (Å²) in [6.07, 6.45) is 2.32.